The second-order valence-electron chi connectivity index (χ2n) is 5.83. The van der Waals surface area contributed by atoms with E-state index in [0.717, 1.165) is 24.3 Å². The molecule has 0 aliphatic rings. The standard InChI is InChI=1S/C19H20ClN5OS/c1-3-24(4-2)16-9-8-14(17(26)11-16)12-21-25-18(22-23-19(25)27)13-6-5-7-15(20)10-13/h5-12,26H,3-4H2,1-2H3,(H,23,27)/b21-12+. The summed E-state index contributed by atoms with van der Waals surface area (Å²) in [6.45, 7) is 5.90. The number of aromatic hydroxyl groups is 1. The van der Waals surface area contributed by atoms with E-state index in [9.17, 15) is 5.11 Å². The normalized spacial score (nSPS) is 11.2. The molecule has 8 heteroatoms. The summed E-state index contributed by atoms with van der Waals surface area (Å²) in [5.41, 5.74) is 2.34. The molecule has 3 aromatic rings. The molecule has 0 radical (unpaired) electrons. The number of phenols is 1. The summed E-state index contributed by atoms with van der Waals surface area (Å²) in [4.78, 5) is 2.16. The molecule has 0 bridgehead atoms. The van der Waals surface area contributed by atoms with Crippen LogP contribution in [0.1, 0.15) is 19.4 Å². The van der Waals surface area contributed by atoms with E-state index in [1.54, 1.807) is 24.4 Å². The summed E-state index contributed by atoms with van der Waals surface area (Å²) >= 11 is 11.3. The van der Waals surface area contributed by atoms with Gasteiger partial charge in [0.05, 0.1) is 6.21 Å². The quantitative estimate of drug-likeness (QED) is 0.464. The largest absolute Gasteiger partial charge is 0.507 e. The Bertz CT molecular complexity index is 1020. The van der Waals surface area contributed by atoms with Crippen LogP contribution in [-0.4, -0.2) is 39.3 Å². The van der Waals surface area contributed by atoms with E-state index in [4.69, 9.17) is 23.8 Å². The van der Waals surface area contributed by atoms with Crippen LogP contribution >= 0.6 is 23.8 Å². The number of aromatic amines is 1. The lowest BCUT2D eigenvalue weighted by molar-refractivity contribution is 0.474. The number of hydrogen-bond donors (Lipinski definition) is 2. The van der Waals surface area contributed by atoms with Crippen LogP contribution in [0.5, 0.6) is 5.75 Å². The monoisotopic (exact) mass is 401 g/mol. The molecule has 140 valence electrons. The molecule has 0 unspecified atom stereocenters. The molecule has 2 aromatic carbocycles. The maximum Gasteiger partial charge on any atom is 0.216 e. The molecule has 27 heavy (non-hydrogen) atoms. The first-order valence-electron chi connectivity index (χ1n) is 8.59. The van der Waals surface area contributed by atoms with Crippen molar-refractivity contribution in [2.45, 2.75) is 13.8 Å². The minimum absolute atomic E-state index is 0.155. The lowest BCUT2D eigenvalue weighted by atomic mass is 10.2. The van der Waals surface area contributed by atoms with Gasteiger partial charge in [-0.05, 0) is 50.3 Å². The molecule has 3 rings (SSSR count). The zero-order valence-corrected chi connectivity index (χ0v) is 16.6. The van der Waals surface area contributed by atoms with E-state index < -0.39 is 0 Å². The van der Waals surface area contributed by atoms with Crippen LogP contribution in [0.15, 0.2) is 47.6 Å². The van der Waals surface area contributed by atoms with Crippen LogP contribution in [0.2, 0.25) is 5.02 Å². The van der Waals surface area contributed by atoms with E-state index >= 15 is 0 Å². The molecule has 2 N–H and O–H groups in total. The highest BCUT2D eigenvalue weighted by Gasteiger charge is 2.09. The number of rotatable bonds is 6. The Morgan fingerprint density at radius 2 is 2.04 bits per heavy atom. The maximum absolute atomic E-state index is 10.4. The fourth-order valence-corrected chi connectivity index (χ4v) is 3.13. The minimum atomic E-state index is 0.155. The van der Waals surface area contributed by atoms with Crippen molar-refractivity contribution in [3.05, 3.63) is 57.8 Å². The predicted octanol–water partition coefficient (Wildman–Crippen LogP) is 4.70. The fourth-order valence-electron chi connectivity index (χ4n) is 2.76. The molecule has 0 saturated heterocycles. The molecule has 0 aliphatic carbocycles. The average molecular weight is 402 g/mol. The predicted molar refractivity (Wildman–Crippen MR) is 113 cm³/mol. The summed E-state index contributed by atoms with van der Waals surface area (Å²) in [5, 5.41) is 22.3. The molecule has 1 heterocycles. The lowest BCUT2D eigenvalue weighted by Gasteiger charge is -2.21. The summed E-state index contributed by atoms with van der Waals surface area (Å²) in [5.74, 6) is 0.695. The van der Waals surface area contributed by atoms with Gasteiger partial charge in [0.25, 0.3) is 0 Å². The molecule has 0 spiro atoms. The Balaban J connectivity index is 1.93. The topological polar surface area (TPSA) is 69.4 Å². The van der Waals surface area contributed by atoms with Gasteiger partial charge in [-0.25, -0.2) is 5.10 Å². The summed E-state index contributed by atoms with van der Waals surface area (Å²) in [7, 11) is 0. The molecule has 1 aromatic heterocycles. The van der Waals surface area contributed by atoms with Crippen molar-refractivity contribution >= 4 is 35.7 Å². The zero-order valence-electron chi connectivity index (χ0n) is 15.1. The van der Waals surface area contributed by atoms with Gasteiger partial charge in [0.1, 0.15) is 5.75 Å². The van der Waals surface area contributed by atoms with Gasteiger partial charge >= 0.3 is 0 Å². The molecule has 0 amide bonds. The van der Waals surface area contributed by atoms with Gasteiger partial charge in [0.15, 0.2) is 5.82 Å². The van der Waals surface area contributed by atoms with Crippen LogP contribution in [0, 0.1) is 4.77 Å². The molecule has 0 saturated carbocycles. The van der Waals surface area contributed by atoms with Crippen LogP contribution < -0.4 is 4.90 Å². The van der Waals surface area contributed by atoms with Crippen molar-refractivity contribution in [1.29, 1.82) is 0 Å². The average Bonchev–Trinajstić information content (AvgIpc) is 3.03. The van der Waals surface area contributed by atoms with Crippen molar-refractivity contribution in [2.75, 3.05) is 18.0 Å². The smallest absolute Gasteiger partial charge is 0.216 e. The first-order valence-corrected chi connectivity index (χ1v) is 9.37. The van der Waals surface area contributed by atoms with E-state index in [-0.39, 0.29) is 5.75 Å². The summed E-state index contributed by atoms with van der Waals surface area (Å²) < 4.78 is 1.85. The molecular formula is C19H20ClN5OS. The summed E-state index contributed by atoms with van der Waals surface area (Å²) in [6.07, 6.45) is 1.56. The van der Waals surface area contributed by atoms with E-state index in [1.807, 2.05) is 24.3 Å². The Morgan fingerprint density at radius 1 is 1.26 bits per heavy atom. The van der Waals surface area contributed by atoms with E-state index in [2.05, 4.69) is 34.0 Å². The highest BCUT2D eigenvalue weighted by Crippen LogP contribution is 2.24. The molecule has 0 aliphatic heterocycles. The van der Waals surface area contributed by atoms with Gasteiger partial charge in [0.2, 0.25) is 4.77 Å². The zero-order chi connectivity index (χ0) is 19.4. The van der Waals surface area contributed by atoms with Gasteiger partial charge in [-0.3, -0.25) is 0 Å². The minimum Gasteiger partial charge on any atom is -0.507 e. The van der Waals surface area contributed by atoms with Crippen molar-refractivity contribution < 1.29 is 5.11 Å². The van der Waals surface area contributed by atoms with Gasteiger partial charge in [0, 0.05) is 41.0 Å². The number of phenolic OH excluding ortho intramolecular Hbond substituents is 1. The van der Waals surface area contributed by atoms with E-state index in [1.165, 1.54) is 4.68 Å². The van der Waals surface area contributed by atoms with Gasteiger partial charge in [-0.15, -0.1) is 0 Å². The third kappa shape index (κ3) is 4.20. The number of nitrogens with one attached hydrogen (secondary N) is 1. The molecule has 0 atom stereocenters. The molecule has 6 nitrogen and oxygen atoms in total. The Kier molecular flexibility index (Phi) is 5.93. The lowest BCUT2D eigenvalue weighted by Crippen LogP contribution is -2.21. The third-order valence-corrected chi connectivity index (χ3v) is 4.69. The first kappa shape index (κ1) is 19.1. The van der Waals surface area contributed by atoms with Crippen molar-refractivity contribution in [3.63, 3.8) is 0 Å². The Labute approximate surface area is 167 Å². The van der Waals surface area contributed by atoms with Crippen LogP contribution in [0.25, 0.3) is 11.4 Å². The number of H-pyrrole nitrogens is 1. The second-order valence-corrected chi connectivity index (χ2v) is 6.66. The van der Waals surface area contributed by atoms with Crippen molar-refractivity contribution in [2.24, 2.45) is 5.10 Å². The third-order valence-electron chi connectivity index (χ3n) is 4.19. The van der Waals surface area contributed by atoms with Crippen molar-refractivity contribution in [3.8, 4) is 17.1 Å². The maximum atomic E-state index is 10.4. The highest BCUT2D eigenvalue weighted by atomic mass is 35.5. The SMILES string of the molecule is CCN(CC)c1ccc(/C=N/n2c(-c3cccc(Cl)c3)n[nH]c2=S)c(O)c1. The molecular weight excluding hydrogens is 382 g/mol. The first-order chi connectivity index (χ1) is 13.0. The van der Waals surface area contributed by atoms with Gasteiger partial charge in [-0.1, -0.05) is 23.7 Å². The highest BCUT2D eigenvalue weighted by molar-refractivity contribution is 7.71. The number of benzene rings is 2. The van der Waals surface area contributed by atoms with Gasteiger partial charge < -0.3 is 10.0 Å². The molecule has 0 fully saturated rings. The fraction of sp³-hybridized carbons (Fsp3) is 0.211. The van der Waals surface area contributed by atoms with E-state index in [0.29, 0.717) is 21.2 Å². The number of halogens is 1. The second kappa shape index (κ2) is 8.37. The van der Waals surface area contributed by atoms with Crippen LogP contribution in [-0.2, 0) is 0 Å². The number of anilines is 1. The summed E-state index contributed by atoms with van der Waals surface area (Å²) in [6, 6.07) is 12.8. The number of aromatic nitrogens is 3. The van der Waals surface area contributed by atoms with Crippen LogP contribution in [0.4, 0.5) is 5.69 Å². The number of hydrogen-bond acceptors (Lipinski definition) is 5. The van der Waals surface area contributed by atoms with Crippen molar-refractivity contribution in [1.82, 2.24) is 14.9 Å². The number of nitrogens with zero attached hydrogens (tertiary/aromatic N) is 4. The van der Waals surface area contributed by atoms with Crippen LogP contribution in [0.3, 0.4) is 0 Å². The van der Waals surface area contributed by atoms with Gasteiger partial charge in [-0.2, -0.15) is 14.9 Å². The Morgan fingerprint density at radius 3 is 2.70 bits per heavy atom. The Hall–Kier alpha value is -2.64.